The van der Waals surface area contributed by atoms with Crippen LogP contribution in [0, 0.1) is 0 Å². The third kappa shape index (κ3) is 9.42. The minimum atomic E-state index is -1.83. The van der Waals surface area contributed by atoms with E-state index < -0.39 is 23.5 Å². The van der Waals surface area contributed by atoms with Crippen LogP contribution >= 0.6 is 21.6 Å². The molecule has 0 saturated carbocycles. The number of nitrogens with zero attached hydrogens (tertiary/aromatic N) is 2. The molecule has 13 nitrogen and oxygen atoms in total. The standard InChI is InChI=1S/C38H44N2O11S2/c1-2-38(29-22-26-23-31-32(21-25-7-3-5-9-30(25)39-31)40(26)36(44)28(29)24-50-37(38)45)51-35(43)12-11-34(42)49-19-17-47-15-14-46-16-18-48-33(41)10-6-4-8-27-13-20-52-53-27/h3,5,7,9,21-22,27H,2,4,6,8,10-20,23-24H2,1H3. The van der Waals surface area contributed by atoms with Crippen molar-refractivity contribution < 1.29 is 47.6 Å². The molecule has 1 saturated heterocycles. The van der Waals surface area contributed by atoms with Gasteiger partial charge in [0.15, 0.2) is 0 Å². The Hall–Kier alpha value is -3.92. The highest BCUT2D eigenvalue weighted by Gasteiger charge is 2.50. The first kappa shape index (κ1) is 38.8. The van der Waals surface area contributed by atoms with Crippen LogP contribution in [0.1, 0.15) is 80.8 Å². The van der Waals surface area contributed by atoms with E-state index in [-0.39, 0.29) is 82.6 Å². The third-order valence-electron chi connectivity index (χ3n) is 9.42. The number of para-hydroxylation sites is 1. The molecule has 284 valence electrons. The zero-order valence-corrected chi connectivity index (χ0v) is 31.4. The highest BCUT2D eigenvalue weighted by Crippen LogP contribution is 2.41. The first-order chi connectivity index (χ1) is 25.8. The van der Waals surface area contributed by atoms with Crippen molar-refractivity contribution in [2.75, 3.05) is 45.4 Å². The van der Waals surface area contributed by atoms with Gasteiger partial charge in [-0.1, -0.05) is 53.1 Å². The maximum atomic E-state index is 13.8. The lowest BCUT2D eigenvalue weighted by Crippen LogP contribution is -2.47. The van der Waals surface area contributed by atoms with E-state index in [0.29, 0.717) is 29.8 Å². The summed E-state index contributed by atoms with van der Waals surface area (Å²) in [5.41, 5.74) is 1.17. The van der Waals surface area contributed by atoms with Crippen LogP contribution in [0.2, 0.25) is 0 Å². The Balaban J connectivity index is 0.887. The van der Waals surface area contributed by atoms with Crippen LogP contribution < -0.4 is 5.56 Å². The van der Waals surface area contributed by atoms with Crippen LogP contribution in [-0.2, 0) is 66.2 Å². The molecule has 0 amide bonds. The van der Waals surface area contributed by atoms with E-state index in [1.165, 1.54) is 12.2 Å². The summed E-state index contributed by atoms with van der Waals surface area (Å²) in [4.78, 5) is 69.0. The van der Waals surface area contributed by atoms with Crippen LogP contribution in [0.15, 0.2) is 41.2 Å². The Kier molecular flexibility index (Phi) is 13.5. The molecule has 2 aromatic heterocycles. The van der Waals surface area contributed by atoms with Crippen LogP contribution in [-0.4, -0.2) is 84.1 Å². The molecule has 3 aliphatic heterocycles. The fraction of sp³-hybridized carbons (Fsp3) is 0.526. The summed E-state index contributed by atoms with van der Waals surface area (Å²) in [6.07, 6.45) is 4.48. The second-order valence-corrected chi connectivity index (χ2v) is 15.8. The lowest BCUT2D eigenvalue weighted by Gasteiger charge is -2.35. The Bertz CT molecular complexity index is 1880. The fourth-order valence-electron chi connectivity index (χ4n) is 6.65. The van der Waals surface area contributed by atoms with Crippen molar-refractivity contribution in [2.24, 2.45) is 0 Å². The summed E-state index contributed by atoms with van der Waals surface area (Å²) >= 11 is 0. The number of pyridine rings is 2. The average molecular weight is 769 g/mol. The second kappa shape index (κ2) is 18.4. The average Bonchev–Trinajstić information content (AvgIpc) is 3.81. The number of unbranched alkanes of at least 4 members (excludes halogenated alkanes) is 1. The van der Waals surface area contributed by atoms with Gasteiger partial charge in [0.25, 0.3) is 5.56 Å². The minimum absolute atomic E-state index is 0.0236. The predicted octanol–water partition coefficient (Wildman–Crippen LogP) is 5.11. The number of ether oxygens (including phenoxy) is 6. The maximum Gasteiger partial charge on any atom is 0.355 e. The number of hydrogen-bond acceptors (Lipinski definition) is 14. The number of rotatable bonds is 19. The van der Waals surface area contributed by atoms with Crippen LogP contribution in [0.3, 0.4) is 0 Å². The van der Waals surface area contributed by atoms with E-state index in [2.05, 4.69) is 0 Å². The first-order valence-corrected chi connectivity index (χ1v) is 20.5. The molecule has 1 aromatic carbocycles. The van der Waals surface area contributed by atoms with Crippen LogP contribution in [0.4, 0.5) is 0 Å². The van der Waals surface area contributed by atoms with Crippen molar-refractivity contribution in [2.45, 2.75) is 82.2 Å². The number of carbonyl (C=O) groups excluding carboxylic acids is 4. The Labute approximate surface area is 315 Å². The molecule has 53 heavy (non-hydrogen) atoms. The third-order valence-corrected chi connectivity index (χ3v) is 12.4. The molecule has 0 aliphatic carbocycles. The Morgan fingerprint density at radius 2 is 1.64 bits per heavy atom. The van der Waals surface area contributed by atoms with Gasteiger partial charge in [-0.25, -0.2) is 4.79 Å². The molecule has 1 fully saturated rings. The molecule has 5 heterocycles. The number of cyclic esters (lactones) is 1. The van der Waals surface area contributed by atoms with E-state index in [1.807, 2.05) is 51.9 Å². The van der Waals surface area contributed by atoms with Crippen molar-refractivity contribution in [3.63, 3.8) is 0 Å². The lowest BCUT2D eigenvalue weighted by atomic mass is 9.85. The maximum absolute atomic E-state index is 13.8. The zero-order valence-electron chi connectivity index (χ0n) is 29.8. The van der Waals surface area contributed by atoms with Gasteiger partial charge in [0.05, 0.1) is 61.7 Å². The number of carbonyl (C=O) groups is 4. The van der Waals surface area contributed by atoms with Gasteiger partial charge in [-0.15, -0.1) is 0 Å². The summed E-state index contributed by atoms with van der Waals surface area (Å²) in [6, 6.07) is 11.3. The lowest BCUT2D eigenvalue weighted by molar-refractivity contribution is -0.189. The highest BCUT2D eigenvalue weighted by atomic mass is 33.1. The van der Waals surface area contributed by atoms with E-state index in [9.17, 15) is 24.0 Å². The summed E-state index contributed by atoms with van der Waals surface area (Å²) in [5.74, 6) is -1.20. The van der Waals surface area contributed by atoms with E-state index in [0.717, 1.165) is 41.1 Å². The molecule has 15 heteroatoms. The second-order valence-electron chi connectivity index (χ2n) is 13.0. The number of benzene rings is 1. The molecule has 0 N–H and O–H groups in total. The molecule has 0 bridgehead atoms. The molecular formula is C38H44N2O11S2. The minimum Gasteiger partial charge on any atom is -0.463 e. The van der Waals surface area contributed by atoms with E-state index in [4.69, 9.17) is 33.4 Å². The highest BCUT2D eigenvalue weighted by molar-refractivity contribution is 8.77. The fourth-order valence-corrected chi connectivity index (χ4v) is 9.68. The van der Waals surface area contributed by atoms with Crippen LogP contribution in [0.25, 0.3) is 16.6 Å². The summed E-state index contributed by atoms with van der Waals surface area (Å²) in [5, 5.41) is 1.61. The van der Waals surface area contributed by atoms with Crippen molar-refractivity contribution in [1.82, 2.24) is 9.55 Å². The van der Waals surface area contributed by atoms with Gasteiger partial charge in [-0.3, -0.25) is 28.7 Å². The molecule has 3 aliphatic rings. The van der Waals surface area contributed by atoms with Gasteiger partial charge in [-0.2, -0.15) is 0 Å². The topological polar surface area (TPSA) is 159 Å². The number of esters is 4. The van der Waals surface area contributed by atoms with E-state index >= 15 is 0 Å². The Morgan fingerprint density at radius 1 is 0.925 bits per heavy atom. The molecule has 2 unspecified atom stereocenters. The van der Waals surface area contributed by atoms with Gasteiger partial charge >= 0.3 is 23.9 Å². The molecule has 0 radical (unpaired) electrons. The molecule has 6 rings (SSSR count). The monoisotopic (exact) mass is 768 g/mol. The zero-order chi connectivity index (χ0) is 37.2. The van der Waals surface area contributed by atoms with Gasteiger partial charge < -0.3 is 28.4 Å². The molecule has 2 atom stereocenters. The van der Waals surface area contributed by atoms with Gasteiger partial charge in [-0.05, 0) is 43.9 Å². The number of fused-ring (bicyclic) bond motifs is 5. The van der Waals surface area contributed by atoms with Gasteiger partial charge in [0.2, 0.25) is 5.60 Å². The summed E-state index contributed by atoms with van der Waals surface area (Å²) in [6.45, 7) is 2.52. The summed E-state index contributed by atoms with van der Waals surface area (Å²) < 4.78 is 34.0. The molecule has 0 spiro atoms. The largest absolute Gasteiger partial charge is 0.463 e. The van der Waals surface area contributed by atoms with Crippen molar-refractivity contribution in [3.8, 4) is 5.69 Å². The SMILES string of the molecule is CCC1(OC(=O)CCC(=O)OCCOCCOCCOC(=O)CCCCC2CCSS2)C(=O)OCc2c1cc1n(c2=O)-c2cc3ccccc3nc2C1. The van der Waals surface area contributed by atoms with Crippen molar-refractivity contribution in [1.29, 1.82) is 0 Å². The van der Waals surface area contributed by atoms with Gasteiger partial charge in [0.1, 0.15) is 19.8 Å². The quantitative estimate of drug-likeness (QED) is 0.0536. The molecule has 3 aromatic rings. The van der Waals surface area contributed by atoms with Crippen LogP contribution in [0.5, 0.6) is 0 Å². The van der Waals surface area contributed by atoms with Crippen molar-refractivity contribution in [3.05, 3.63) is 69.3 Å². The first-order valence-electron chi connectivity index (χ1n) is 18.1. The number of hydrogen-bond donors (Lipinski definition) is 0. The smallest absolute Gasteiger partial charge is 0.355 e. The van der Waals surface area contributed by atoms with E-state index in [1.54, 1.807) is 17.6 Å². The molecular weight excluding hydrogens is 725 g/mol. The number of aromatic nitrogens is 2. The summed E-state index contributed by atoms with van der Waals surface area (Å²) in [7, 11) is 3.88. The normalized spacial score (nSPS) is 18.6. The predicted molar refractivity (Wildman–Crippen MR) is 198 cm³/mol. The van der Waals surface area contributed by atoms with Gasteiger partial charge in [0, 0.05) is 40.5 Å². The Morgan fingerprint density at radius 3 is 2.38 bits per heavy atom. The van der Waals surface area contributed by atoms with Crippen molar-refractivity contribution >= 4 is 56.4 Å².